The second-order valence-electron chi connectivity index (χ2n) is 7.33. The summed E-state index contributed by atoms with van der Waals surface area (Å²) >= 11 is 6.01. The third-order valence-electron chi connectivity index (χ3n) is 5.41. The normalized spacial score (nSPS) is 19.0. The van der Waals surface area contributed by atoms with Crippen LogP contribution in [-0.2, 0) is 9.59 Å². The molecule has 0 aliphatic carbocycles. The van der Waals surface area contributed by atoms with E-state index in [2.05, 4.69) is 10.2 Å². The molecule has 0 aromatic heterocycles. The van der Waals surface area contributed by atoms with Gasteiger partial charge in [-0.25, -0.2) is 0 Å². The molecule has 148 valence electrons. The van der Waals surface area contributed by atoms with E-state index in [1.54, 1.807) is 25.3 Å². The average molecular weight is 394 g/mol. The van der Waals surface area contributed by atoms with Gasteiger partial charge in [0, 0.05) is 24.0 Å². The van der Waals surface area contributed by atoms with Crippen LogP contribution in [0.15, 0.2) is 18.2 Å². The van der Waals surface area contributed by atoms with Gasteiger partial charge in [-0.3, -0.25) is 14.5 Å². The Morgan fingerprint density at radius 3 is 2.52 bits per heavy atom. The van der Waals surface area contributed by atoms with Gasteiger partial charge in [-0.2, -0.15) is 0 Å². The third kappa shape index (κ3) is 5.36. The topological polar surface area (TPSA) is 61.9 Å². The molecule has 2 heterocycles. The quantitative estimate of drug-likeness (QED) is 0.835. The highest BCUT2D eigenvalue weighted by molar-refractivity contribution is 6.31. The smallest absolute Gasteiger partial charge is 0.238 e. The maximum atomic E-state index is 12.6. The van der Waals surface area contributed by atoms with Crippen molar-refractivity contribution in [1.29, 1.82) is 0 Å². The van der Waals surface area contributed by atoms with Crippen molar-refractivity contribution in [2.45, 2.75) is 32.1 Å². The largest absolute Gasteiger partial charge is 0.495 e. The van der Waals surface area contributed by atoms with Gasteiger partial charge >= 0.3 is 0 Å². The van der Waals surface area contributed by atoms with Crippen molar-refractivity contribution in [3.8, 4) is 5.75 Å². The van der Waals surface area contributed by atoms with E-state index < -0.39 is 0 Å². The second kappa shape index (κ2) is 9.42. The van der Waals surface area contributed by atoms with E-state index in [9.17, 15) is 9.59 Å². The van der Waals surface area contributed by atoms with Crippen molar-refractivity contribution in [2.75, 3.05) is 45.2 Å². The maximum Gasteiger partial charge on any atom is 0.238 e. The van der Waals surface area contributed by atoms with Gasteiger partial charge in [0.05, 0.1) is 19.3 Å². The van der Waals surface area contributed by atoms with E-state index in [1.807, 2.05) is 4.90 Å². The molecule has 3 rings (SSSR count). The summed E-state index contributed by atoms with van der Waals surface area (Å²) in [6, 6.07) is 5.14. The standard InChI is InChI=1S/C20H28ClN3O3/c1-27-18-6-5-16(21)13-17(18)22-19(25)14-23-11-7-15(8-12-23)20(26)24-9-3-2-4-10-24/h5-6,13,15H,2-4,7-12,14H2,1H3,(H,22,25). The van der Waals surface area contributed by atoms with Gasteiger partial charge in [-0.05, 0) is 63.4 Å². The first-order valence-corrected chi connectivity index (χ1v) is 10.1. The first kappa shape index (κ1) is 20.0. The first-order valence-electron chi connectivity index (χ1n) is 9.71. The number of hydrogen-bond donors (Lipinski definition) is 1. The Kier molecular flexibility index (Phi) is 6.96. The molecule has 1 aromatic carbocycles. The summed E-state index contributed by atoms with van der Waals surface area (Å²) in [5.41, 5.74) is 0.574. The highest BCUT2D eigenvalue weighted by Crippen LogP contribution is 2.28. The Morgan fingerprint density at radius 2 is 1.85 bits per heavy atom. The molecule has 1 N–H and O–H groups in total. The van der Waals surface area contributed by atoms with E-state index in [0.29, 0.717) is 28.9 Å². The molecule has 27 heavy (non-hydrogen) atoms. The van der Waals surface area contributed by atoms with Crippen LogP contribution in [0, 0.1) is 5.92 Å². The predicted octanol–water partition coefficient (Wildman–Crippen LogP) is 3.01. The third-order valence-corrected chi connectivity index (χ3v) is 5.64. The number of nitrogens with one attached hydrogen (secondary N) is 1. The Hall–Kier alpha value is -1.79. The van der Waals surface area contributed by atoms with Crippen LogP contribution in [0.25, 0.3) is 0 Å². The fourth-order valence-electron chi connectivity index (χ4n) is 3.88. The summed E-state index contributed by atoms with van der Waals surface area (Å²) in [6.07, 6.45) is 5.12. The maximum absolute atomic E-state index is 12.6. The zero-order valence-electron chi connectivity index (χ0n) is 15.9. The summed E-state index contributed by atoms with van der Waals surface area (Å²) in [7, 11) is 1.56. The van der Waals surface area contributed by atoms with E-state index in [1.165, 1.54) is 6.42 Å². The summed E-state index contributed by atoms with van der Waals surface area (Å²) in [4.78, 5) is 29.2. The zero-order valence-corrected chi connectivity index (χ0v) is 16.6. The van der Waals surface area contributed by atoms with Gasteiger partial charge < -0.3 is 15.0 Å². The van der Waals surface area contributed by atoms with Gasteiger partial charge in [0.2, 0.25) is 11.8 Å². The molecule has 0 atom stereocenters. The summed E-state index contributed by atoms with van der Waals surface area (Å²) in [5, 5.41) is 3.41. The van der Waals surface area contributed by atoms with Gasteiger partial charge in [0.1, 0.15) is 5.75 Å². The number of methoxy groups -OCH3 is 1. The molecule has 0 spiro atoms. The molecule has 7 heteroatoms. The molecule has 2 saturated heterocycles. The van der Waals surface area contributed by atoms with Gasteiger partial charge in [0.25, 0.3) is 0 Å². The molecular formula is C20H28ClN3O3. The highest BCUT2D eigenvalue weighted by atomic mass is 35.5. The zero-order chi connectivity index (χ0) is 19.2. The van der Waals surface area contributed by atoms with Crippen LogP contribution in [0.4, 0.5) is 5.69 Å². The van der Waals surface area contributed by atoms with Crippen LogP contribution in [0.5, 0.6) is 5.75 Å². The molecule has 2 amide bonds. The van der Waals surface area contributed by atoms with E-state index in [-0.39, 0.29) is 11.8 Å². The molecule has 0 unspecified atom stereocenters. The number of hydrogen-bond acceptors (Lipinski definition) is 4. The van der Waals surface area contributed by atoms with Crippen molar-refractivity contribution < 1.29 is 14.3 Å². The van der Waals surface area contributed by atoms with Crippen LogP contribution in [0.1, 0.15) is 32.1 Å². The minimum Gasteiger partial charge on any atom is -0.495 e. The number of rotatable bonds is 5. The number of amides is 2. The molecule has 2 aliphatic rings. The van der Waals surface area contributed by atoms with Gasteiger partial charge in [-0.15, -0.1) is 0 Å². The van der Waals surface area contributed by atoms with Crippen LogP contribution in [0.2, 0.25) is 5.02 Å². The molecule has 6 nitrogen and oxygen atoms in total. The van der Waals surface area contributed by atoms with E-state index >= 15 is 0 Å². The molecule has 2 fully saturated rings. The van der Waals surface area contributed by atoms with E-state index in [0.717, 1.165) is 51.9 Å². The SMILES string of the molecule is COc1ccc(Cl)cc1NC(=O)CN1CCC(C(=O)N2CCCCC2)CC1. The Labute approximate surface area is 165 Å². The molecule has 0 saturated carbocycles. The lowest BCUT2D eigenvalue weighted by Gasteiger charge is -2.35. The Bertz CT molecular complexity index is 668. The Balaban J connectivity index is 1.47. The number of carbonyl (C=O) groups is 2. The minimum absolute atomic E-state index is 0.101. The highest BCUT2D eigenvalue weighted by Gasteiger charge is 2.29. The number of halogens is 1. The van der Waals surface area contributed by atoms with Crippen LogP contribution < -0.4 is 10.1 Å². The monoisotopic (exact) mass is 393 g/mol. The first-order chi connectivity index (χ1) is 13.1. The molecule has 0 bridgehead atoms. The van der Waals surface area contributed by atoms with Crippen LogP contribution >= 0.6 is 11.6 Å². The lowest BCUT2D eigenvalue weighted by atomic mass is 9.94. The molecule has 1 aromatic rings. The van der Waals surface area contributed by atoms with Crippen molar-refractivity contribution in [3.63, 3.8) is 0 Å². The number of piperidine rings is 2. The van der Waals surface area contributed by atoms with Gasteiger partial charge in [0.15, 0.2) is 0 Å². The van der Waals surface area contributed by atoms with Crippen LogP contribution in [0.3, 0.4) is 0 Å². The van der Waals surface area contributed by atoms with Crippen molar-refractivity contribution in [3.05, 3.63) is 23.2 Å². The van der Waals surface area contributed by atoms with Crippen molar-refractivity contribution in [2.24, 2.45) is 5.92 Å². The van der Waals surface area contributed by atoms with E-state index in [4.69, 9.17) is 16.3 Å². The minimum atomic E-state index is -0.101. The fourth-order valence-corrected chi connectivity index (χ4v) is 4.05. The lowest BCUT2D eigenvalue weighted by molar-refractivity contribution is -0.138. The number of anilines is 1. The second-order valence-corrected chi connectivity index (χ2v) is 7.77. The number of likely N-dealkylation sites (tertiary alicyclic amines) is 2. The van der Waals surface area contributed by atoms with Crippen molar-refractivity contribution >= 4 is 29.1 Å². The summed E-state index contributed by atoms with van der Waals surface area (Å²) < 4.78 is 5.26. The number of benzene rings is 1. The fraction of sp³-hybridized carbons (Fsp3) is 0.600. The lowest BCUT2D eigenvalue weighted by Crippen LogP contribution is -2.45. The average Bonchev–Trinajstić information content (AvgIpc) is 2.69. The number of nitrogens with zero attached hydrogens (tertiary/aromatic N) is 2. The number of carbonyl (C=O) groups excluding carboxylic acids is 2. The predicted molar refractivity (Wildman–Crippen MR) is 106 cm³/mol. The molecule has 2 aliphatic heterocycles. The van der Waals surface area contributed by atoms with Crippen molar-refractivity contribution in [1.82, 2.24) is 9.80 Å². The van der Waals surface area contributed by atoms with Crippen LogP contribution in [-0.4, -0.2) is 61.4 Å². The summed E-state index contributed by atoms with van der Waals surface area (Å²) in [5.74, 6) is 0.896. The molecular weight excluding hydrogens is 366 g/mol. The number of ether oxygens (including phenoxy) is 1. The Morgan fingerprint density at radius 1 is 1.15 bits per heavy atom. The molecule has 0 radical (unpaired) electrons. The summed E-state index contributed by atoms with van der Waals surface area (Å²) in [6.45, 7) is 3.65. The van der Waals surface area contributed by atoms with Gasteiger partial charge in [-0.1, -0.05) is 11.6 Å².